The quantitative estimate of drug-likeness (QED) is 0.712. The molecule has 2 rings (SSSR count). The molecule has 0 fully saturated rings. The van der Waals surface area contributed by atoms with Crippen molar-refractivity contribution < 1.29 is 9.47 Å². The molecule has 6 nitrogen and oxygen atoms in total. The van der Waals surface area contributed by atoms with E-state index >= 15 is 0 Å². The van der Waals surface area contributed by atoms with Crippen LogP contribution in [0.2, 0.25) is 0 Å². The Hall–Kier alpha value is -1.79. The van der Waals surface area contributed by atoms with Crippen molar-refractivity contribution in [2.45, 2.75) is 26.7 Å². The van der Waals surface area contributed by atoms with Crippen LogP contribution in [0.4, 0.5) is 0 Å². The maximum atomic E-state index is 5.48. The topological polar surface area (TPSA) is 62.1 Å². The Balaban J connectivity index is 2.05. The number of rotatable bonds is 7. The molecule has 0 aromatic carbocycles. The summed E-state index contributed by atoms with van der Waals surface area (Å²) in [5.74, 6) is 0. The first kappa shape index (κ1) is 13.6. The fraction of sp³-hybridized carbons (Fsp3) is 0.462. The lowest BCUT2D eigenvalue weighted by Crippen LogP contribution is -2.09. The SMILES string of the molecule is CCOC(OCC)c1cn(Cc2cccnc2)nn1. The van der Waals surface area contributed by atoms with E-state index in [1.54, 1.807) is 10.9 Å². The predicted octanol–water partition coefficient (Wildman–Crippen LogP) is 1.79. The van der Waals surface area contributed by atoms with E-state index in [4.69, 9.17) is 9.47 Å². The number of aromatic nitrogens is 4. The molecule has 0 radical (unpaired) electrons. The second-order valence-electron chi connectivity index (χ2n) is 3.94. The number of pyridine rings is 1. The third-order valence-electron chi connectivity index (χ3n) is 2.50. The van der Waals surface area contributed by atoms with Gasteiger partial charge in [0, 0.05) is 25.6 Å². The lowest BCUT2D eigenvalue weighted by Gasteiger charge is -2.13. The van der Waals surface area contributed by atoms with Crippen LogP contribution in [0.15, 0.2) is 30.7 Å². The van der Waals surface area contributed by atoms with E-state index in [-0.39, 0.29) is 0 Å². The van der Waals surface area contributed by atoms with Gasteiger partial charge in [-0.2, -0.15) is 0 Å². The molecule has 0 bridgehead atoms. The van der Waals surface area contributed by atoms with E-state index in [1.807, 2.05) is 38.4 Å². The van der Waals surface area contributed by atoms with Gasteiger partial charge < -0.3 is 9.47 Å². The van der Waals surface area contributed by atoms with Gasteiger partial charge in [-0.15, -0.1) is 5.10 Å². The molecule has 0 unspecified atom stereocenters. The fourth-order valence-electron chi connectivity index (χ4n) is 1.70. The molecular formula is C13H18N4O2. The van der Waals surface area contributed by atoms with Crippen LogP contribution in [0.1, 0.15) is 31.4 Å². The highest BCUT2D eigenvalue weighted by molar-refractivity contribution is 5.09. The summed E-state index contributed by atoms with van der Waals surface area (Å²) in [5, 5.41) is 8.17. The average molecular weight is 262 g/mol. The van der Waals surface area contributed by atoms with Crippen LogP contribution in [0.5, 0.6) is 0 Å². The molecule has 0 N–H and O–H groups in total. The van der Waals surface area contributed by atoms with E-state index in [0.717, 1.165) is 5.56 Å². The molecule has 0 saturated carbocycles. The monoisotopic (exact) mass is 262 g/mol. The summed E-state index contributed by atoms with van der Waals surface area (Å²) in [6.45, 7) is 5.62. The zero-order valence-electron chi connectivity index (χ0n) is 11.2. The fourth-order valence-corrected chi connectivity index (χ4v) is 1.70. The molecule has 2 heterocycles. The Labute approximate surface area is 112 Å². The summed E-state index contributed by atoms with van der Waals surface area (Å²) in [5.41, 5.74) is 1.76. The van der Waals surface area contributed by atoms with Crippen LogP contribution in [0, 0.1) is 0 Å². The predicted molar refractivity (Wildman–Crippen MR) is 69.4 cm³/mol. The Morgan fingerprint density at radius 3 is 2.68 bits per heavy atom. The van der Waals surface area contributed by atoms with E-state index in [2.05, 4.69) is 15.3 Å². The molecule has 0 aliphatic rings. The van der Waals surface area contributed by atoms with Crippen molar-refractivity contribution in [3.05, 3.63) is 42.0 Å². The summed E-state index contributed by atoms with van der Waals surface area (Å²) in [4.78, 5) is 4.07. The third kappa shape index (κ3) is 3.84. The van der Waals surface area contributed by atoms with Crippen LogP contribution in [0.3, 0.4) is 0 Å². The first-order valence-electron chi connectivity index (χ1n) is 6.35. The van der Waals surface area contributed by atoms with E-state index in [1.165, 1.54) is 0 Å². The second kappa shape index (κ2) is 6.96. The average Bonchev–Trinajstić information content (AvgIpc) is 2.88. The minimum absolute atomic E-state index is 0.447. The number of ether oxygens (including phenoxy) is 2. The summed E-state index contributed by atoms with van der Waals surface area (Å²) in [7, 11) is 0. The molecule has 2 aromatic heterocycles. The van der Waals surface area contributed by atoms with Crippen LogP contribution in [0.25, 0.3) is 0 Å². The molecule has 0 aliphatic heterocycles. The molecular weight excluding hydrogens is 244 g/mol. The minimum Gasteiger partial charge on any atom is -0.347 e. The highest BCUT2D eigenvalue weighted by atomic mass is 16.7. The largest absolute Gasteiger partial charge is 0.347 e. The zero-order valence-corrected chi connectivity index (χ0v) is 11.2. The maximum absolute atomic E-state index is 5.48. The first-order chi connectivity index (χ1) is 9.33. The van der Waals surface area contributed by atoms with Crippen LogP contribution >= 0.6 is 0 Å². The van der Waals surface area contributed by atoms with Crippen molar-refractivity contribution in [1.29, 1.82) is 0 Å². The van der Waals surface area contributed by atoms with Gasteiger partial charge in [0.25, 0.3) is 0 Å². The highest BCUT2D eigenvalue weighted by Crippen LogP contribution is 2.16. The second-order valence-corrected chi connectivity index (χ2v) is 3.94. The van der Waals surface area contributed by atoms with E-state index in [9.17, 15) is 0 Å². The van der Waals surface area contributed by atoms with Crippen molar-refractivity contribution in [3.8, 4) is 0 Å². The molecule has 0 aliphatic carbocycles. The molecule has 0 amide bonds. The summed E-state index contributed by atoms with van der Waals surface area (Å²) in [6, 6.07) is 3.90. The van der Waals surface area contributed by atoms with E-state index < -0.39 is 6.29 Å². The van der Waals surface area contributed by atoms with Gasteiger partial charge in [-0.3, -0.25) is 4.98 Å². The van der Waals surface area contributed by atoms with Gasteiger partial charge in [-0.05, 0) is 25.5 Å². The van der Waals surface area contributed by atoms with Gasteiger partial charge in [-0.25, -0.2) is 4.68 Å². The molecule has 6 heteroatoms. The Morgan fingerprint density at radius 1 is 1.26 bits per heavy atom. The summed E-state index contributed by atoms with van der Waals surface area (Å²) >= 11 is 0. The van der Waals surface area contributed by atoms with Crippen molar-refractivity contribution >= 4 is 0 Å². The van der Waals surface area contributed by atoms with Gasteiger partial charge >= 0.3 is 0 Å². The van der Waals surface area contributed by atoms with Gasteiger partial charge in [0.05, 0.1) is 12.7 Å². The molecule has 0 spiro atoms. The molecule has 19 heavy (non-hydrogen) atoms. The molecule has 2 aromatic rings. The number of nitrogens with zero attached hydrogens (tertiary/aromatic N) is 4. The molecule has 0 saturated heterocycles. The van der Waals surface area contributed by atoms with Crippen molar-refractivity contribution in [2.75, 3.05) is 13.2 Å². The summed E-state index contributed by atoms with van der Waals surface area (Å²) < 4.78 is 12.7. The summed E-state index contributed by atoms with van der Waals surface area (Å²) in [6.07, 6.45) is 4.95. The van der Waals surface area contributed by atoms with Crippen LogP contribution < -0.4 is 0 Å². The van der Waals surface area contributed by atoms with Gasteiger partial charge in [0.15, 0.2) is 0 Å². The smallest absolute Gasteiger partial charge is 0.204 e. The standard InChI is InChI=1S/C13H18N4O2/c1-3-18-13(19-4-2)12-10-17(16-15-12)9-11-6-5-7-14-8-11/h5-8,10,13H,3-4,9H2,1-2H3. The minimum atomic E-state index is -0.447. The van der Waals surface area contributed by atoms with Gasteiger partial charge in [0.1, 0.15) is 5.69 Å². The number of hydrogen-bond acceptors (Lipinski definition) is 5. The van der Waals surface area contributed by atoms with E-state index in [0.29, 0.717) is 25.5 Å². The van der Waals surface area contributed by atoms with Crippen LogP contribution in [-0.2, 0) is 16.0 Å². The Bertz CT molecular complexity index is 480. The third-order valence-corrected chi connectivity index (χ3v) is 2.50. The van der Waals surface area contributed by atoms with Crippen molar-refractivity contribution in [3.63, 3.8) is 0 Å². The number of hydrogen-bond donors (Lipinski definition) is 0. The Morgan fingerprint density at radius 2 is 2.05 bits per heavy atom. The Kier molecular flexibility index (Phi) is 5.00. The highest BCUT2D eigenvalue weighted by Gasteiger charge is 2.15. The normalized spacial score (nSPS) is 11.1. The van der Waals surface area contributed by atoms with Crippen molar-refractivity contribution in [2.24, 2.45) is 0 Å². The lowest BCUT2D eigenvalue weighted by molar-refractivity contribution is -0.142. The zero-order chi connectivity index (χ0) is 13.5. The maximum Gasteiger partial charge on any atom is 0.204 e. The lowest BCUT2D eigenvalue weighted by atomic mass is 10.3. The molecule has 102 valence electrons. The van der Waals surface area contributed by atoms with Gasteiger partial charge in [0.2, 0.25) is 6.29 Å². The van der Waals surface area contributed by atoms with Crippen molar-refractivity contribution in [1.82, 2.24) is 20.0 Å². The van der Waals surface area contributed by atoms with Crippen LogP contribution in [-0.4, -0.2) is 33.2 Å². The first-order valence-corrected chi connectivity index (χ1v) is 6.35. The molecule has 0 atom stereocenters. The van der Waals surface area contributed by atoms with Gasteiger partial charge in [-0.1, -0.05) is 11.3 Å².